The molecule has 0 unspecified atom stereocenters. The molecule has 0 aliphatic rings. The maximum atomic E-state index is 11.9. The summed E-state index contributed by atoms with van der Waals surface area (Å²) in [4.78, 5) is 11.9. The number of nitrogens with one attached hydrogen (secondary N) is 1. The maximum absolute atomic E-state index is 11.9. The first-order valence-electron chi connectivity index (χ1n) is 7.27. The standard InChI is InChI=1S/C16H19N3O4S/c1-4-23-12-7-5-11(9-13(12)22-3)6-8-14(20)17-16-19-18-15(24-16)10-21-2/h5-9H,4,10H2,1-3H3,(H,17,19,20)/b8-6+. The monoisotopic (exact) mass is 349 g/mol. The lowest BCUT2D eigenvalue weighted by atomic mass is 10.2. The first-order chi connectivity index (χ1) is 11.7. The molecule has 0 fully saturated rings. The molecule has 1 amide bonds. The molecule has 0 spiro atoms. The largest absolute Gasteiger partial charge is 0.493 e. The van der Waals surface area contributed by atoms with Crippen LogP contribution < -0.4 is 14.8 Å². The highest BCUT2D eigenvalue weighted by molar-refractivity contribution is 7.15. The number of rotatable bonds is 8. The van der Waals surface area contributed by atoms with Gasteiger partial charge in [0.05, 0.1) is 13.7 Å². The zero-order chi connectivity index (χ0) is 17.4. The van der Waals surface area contributed by atoms with Gasteiger partial charge in [-0.3, -0.25) is 10.1 Å². The molecule has 7 nitrogen and oxygen atoms in total. The molecule has 2 aromatic rings. The van der Waals surface area contributed by atoms with Gasteiger partial charge in [0.2, 0.25) is 11.0 Å². The van der Waals surface area contributed by atoms with Crippen molar-refractivity contribution in [3.8, 4) is 11.5 Å². The van der Waals surface area contributed by atoms with Crippen molar-refractivity contribution < 1.29 is 19.0 Å². The van der Waals surface area contributed by atoms with Crippen molar-refractivity contribution in [3.63, 3.8) is 0 Å². The Morgan fingerprint density at radius 1 is 1.29 bits per heavy atom. The zero-order valence-corrected chi connectivity index (χ0v) is 14.6. The lowest BCUT2D eigenvalue weighted by Gasteiger charge is -2.09. The fourth-order valence-electron chi connectivity index (χ4n) is 1.87. The highest BCUT2D eigenvalue weighted by Gasteiger charge is 2.07. The molecule has 128 valence electrons. The van der Waals surface area contributed by atoms with Crippen LogP contribution in [0.2, 0.25) is 0 Å². The van der Waals surface area contributed by atoms with Gasteiger partial charge < -0.3 is 14.2 Å². The number of carbonyl (C=O) groups excluding carboxylic acids is 1. The predicted octanol–water partition coefficient (Wildman–Crippen LogP) is 2.74. The molecule has 8 heteroatoms. The molecule has 1 N–H and O–H groups in total. The van der Waals surface area contributed by atoms with Crippen LogP contribution in [0.4, 0.5) is 5.13 Å². The quantitative estimate of drug-likeness (QED) is 0.738. The van der Waals surface area contributed by atoms with Crippen LogP contribution in [0, 0.1) is 0 Å². The van der Waals surface area contributed by atoms with Crippen LogP contribution in [0.3, 0.4) is 0 Å². The second-order valence-corrected chi connectivity index (χ2v) is 5.66. The average Bonchev–Trinajstić information content (AvgIpc) is 3.01. The molecular formula is C16H19N3O4S. The van der Waals surface area contributed by atoms with Gasteiger partial charge in [-0.1, -0.05) is 17.4 Å². The van der Waals surface area contributed by atoms with Gasteiger partial charge in [-0.15, -0.1) is 10.2 Å². The van der Waals surface area contributed by atoms with Gasteiger partial charge in [-0.2, -0.15) is 0 Å². The van der Waals surface area contributed by atoms with Crippen molar-refractivity contribution in [2.24, 2.45) is 0 Å². The molecule has 0 aliphatic carbocycles. The third kappa shape index (κ3) is 5.04. The molecular weight excluding hydrogens is 330 g/mol. The van der Waals surface area contributed by atoms with Gasteiger partial charge >= 0.3 is 0 Å². The van der Waals surface area contributed by atoms with Crippen LogP contribution in [0.15, 0.2) is 24.3 Å². The molecule has 0 bridgehead atoms. The maximum Gasteiger partial charge on any atom is 0.250 e. The van der Waals surface area contributed by atoms with E-state index in [4.69, 9.17) is 14.2 Å². The van der Waals surface area contributed by atoms with E-state index in [9.17, 15) is 4.79 Å². The number of amides is 1. The van der Waals surface area contributed by atoms with E-state index in [1.807, 2.05) is 19.1 Å². The van der Waals surface area contributed by atoms with Crippen molar-refractivity contribution in [2.45, 2.75) is 13.5 Å². The number of carbonyl (C=O) groups is 1. The highest BCUT2D eigenvalue weighted by Crippen LogP contribution is 2.28. The van der Waals surface area contributed by atoms with Crippen molar-refractivity contribution >= 4 is 28.5 Å². The summed E-state index contributed by atoms with van der Waals surface area (Å²) in [5.41, 5.74) is 0.822. The number of ether oxygens (including phenoxy) is 3. The number of aromatic nitrogens is 2. The van der Waals surface area contributed by atoms with Crippen LogP contribution in [0.25, 0.3) is 6.08 Å². The van der Waals surface area contributed by atoms with Gasteiger partial charge in [-0.25, -0.2) is 0 Å². The van der Waals surface area contributed by atoms with Gasteiger partial charge in [-0.05, 0) is 30.7 Å². The molecule has 24 heavy (non-hydrogen) atoms. The summed E-state index contributed by atoms with van der Waals surface area (Å²) in [5, 5.41) is 11.6. The summed E-state index contributed by atoms with van der Waals surface area (Å²) in [5.74, 6) is 0.997. The smallest absolute Gasteiger partial charge is 0.250 e. The first kappa shape index (κ1) is 17.9. The lowest BCUT2D eigenvalue weighted by Crippen LogP contribution is -2.07. The molecule has 0 saturated carbocycles. The number of hydrogen-bond donors (Lipinski definition) is 1. The van der Waals surface area contributed by atoms with Gasteiger partial charge in [0.1, 0.15) is 11.6 Å². The van der Waals surface area contributed by atoms with Crippen LogP contribution in [-0.2, 0) is 16.1 Å². The summed E-state index contributed by atoms with van der Waals surface area (Å²) in [6, 6.07) is 5.46. The second-order valence-electron chi connectivity index (χ2n) is 4.60. The summed E-state index contributed by atoms with van der Waals surface area (Å²) < 4.78 is 15.7. The van der Waals surface area contributed by atoms with E-state index in [2.05, 4.69) is 15.5 Å². The Labute approximate surface area is 144 Å². The summed E-state index contributed by atoms with van der Waals surface area (Å²) in [6.07, 6.45) is 3.11. The predicted molar refractivity (Wildman–Crippen MR) is 92.4 cm³/mol. The van der Waals surface area contributed by atoms with Crippen LogP contribution >= 0.6 is 11.3 Å². The number of hydrogen-bond acceptors (Lipinski definition) is 7. The lowest BCUT2D eigenvalue weighted by molar-refractivity contribution is -0.111. The molecule has 1 aromatic heterocycles. The molecule has 2 rings (SSSR count). The van der Waals surface area contributed by atoms with E-state index in [-0.39, 0.29) is 5.91 Å². The van der Waals surface area contributed by atoms with Crippen molar-refractivity contribution in [2.75, 3.05) is 26.1 Å². The molecule has 0 saturated heterocycles. The van der Waals surface area contributed by atoms with Gasteiger partial charge in [0, 0.05) is 13.2 Å². The fourth-order valence-corrected chi connectivity index (χ4v) is 2.58. The number of benzene rings is 1. The first-order valence-corrected chi connectivity index (χ1v) is 8.09. The minimum Gasteiger partial charge on any atom is -0.493 e. The van der Waals surface area contributed by atoms with Crippen molar-refractivity contribution in [1.29, 1.82) is 0 Å². The van der Waals surface area contributed by atoms with E-state index in [1.54, 1.807) is 26.4 Å². The van der Waals surface area contributed by atoms with Crippen LogP contribution in [-0.4, -0.2) is 36.9 Å². The zero-order valence-electron chi connectivity index (χ0n) is 13.7. The Kier molecular flexibility index (Phi) is 6.71. The molecule has 1 aromatic carbocycles. The van der Waals surface area contributed by atoms with Crippen LogP contribution in [0.1, 0.15) is 17.5 Å². The highest BCUT2D eigenvalue weighted by atomic mass is 32.1. The molecule has 0 atom stereocenters. The normalized spacial score (nSPS) is 10.8. The van der Waals surface area contributed by atoms with Gasteiger partial charge in [0.25, 0.3) is 0 Å². The van der Waals surface area contributed by atoms with Gasteiger partial charge in [0.15, 0.2) is 11.5 Å². The number of methoxy groups -OCH3 is 2. The Balaban J connectivity index is 1.99. The van der Waals surface area contributed by atoms with E-state index >= 15 is 0 Å². The summed E-state index contributed by atoms with van der Waals surface area (Å²) in [7, 11) is 3.15. The van der Waals surface area contributed by atoms with Crippen molar-refractivity contribution in [1.82, 2.24) is 10.2 Å². The Morgan fingerprint density at radius 2 is 2.12 bits per heavy atom. The molecule has 0 aliphatic heterocycles. The minimum atomic E-state index is -0.289. The number of anilines is 1. The summed E-state index contributed by atoms with van der Waals surface area (Å²) >= 11 is 1.27. The summed E-state index contributed by atoms with van der Waals surface area (Å²) in [6.45, 7) is 2.83. The Morgan fingerprint density at radius 3 is 2.83 bits per heavy atom. The Bertz CT molecular complexity index is 715. The SMILES string of the molecule is CCOc1ccc(/C=C/C(=O)Nc2nnc(COC)s2)cc1OC. The third-order valence-corrected chi connectivity index (χ3v) is 3.69. The fraction of sp³-hybridized carbons (Fsp3) is 0.312. The third-order valence-electron chi connectivity index (χ3n) is 2.88. The topological polar surface area (TPSA) is 82.6 Å². The van der Waals surface area contributed by atoms with E-state index in [0.29, 0.717) is 34.9 Å². The minimum absolute atomic E-state index is 0.289. The van der Waals surface area contributed by atoms with Crippen molar-refractivity contribution in [3.05, 3.63) is 34.8 Å². The Hall–Kier alpha value is -2.45. The second kappa shape index (κ2) is 8.99. The molecule has 1 heterocycles. The molecule has 0 radical (unpaired) electrons. The van der Waals surface area contributed by atoms with E-state index < -0.39 is 0 Å². The van der Waals surface area contributed by atoms with Crippen LogP contribution in [0.5, 0.6) is 11.5 Å². The average molecular weight is 349 g/mol. The van der Waals surface area contributed by atoms with E-state index in [0.717, 1.165) is 5.56 Å². The number of nitrogens with zero attached hydrogens (tertiary/aromatic N) is 2. The van der Waals surface area contributed by atoms with E-state index in [1.165, 1.54) is 17.4 Å².